The van der Waals surface area contributed by atoms with E-state index in [0.717, 1.165) is 16.9 Å². The number of methoxy groups -OCH3 is 1. The van der Waals surface area contributed by atoms with Gasteiger partial charge in [0.05, 0.1) is 25.6 Å². The minimum atomic E-state index is -3.48. The summed E-state index contributed by atoms with van der Waals surface area (Å²) in [7, 11) is -1.88. The molecular formula is C23H24N2O4S. The zero-order valence-electron chi connectivity index (χ0n) is 16.9. The fraction of sp³-hybridized carbons (Fsp3) is 0.174. The summed E-state index contributed by atoms with van der Waals surface area (Å²) in [6.07, 6.45) is 1.17. The van der Waals surface area contributed by atoms with E-state index >= 15 is 0 Å². The third kappa shape index (κ3) is 5.61. The fourth-order valence-corrected chi connectivity index (χ4v) is 3.84. The van der Waals surface area contributed by atoms with E-state index in [1.165, 1.54) is 10.6 Å². The van der Waals surface area contributed by atoms with Crippen molar-refractivity contribution in [2.75, 3.05) is 17.7 Å². The molecule has 156 valence electrons. The van der Waals surface area contributed by atoms with Crippen LogP contribution in [0.5, 0.6) is 5.75 Å². The number of rotatable bonds is 8. The van der Waals surface area contributed by atoms with Crippen molar-refractivity contribution in [1.29, 1.82) is 0 Å². The molecule has 1 N–H and O–H groups in total. The highest BCUT2D eigenvalue weighted by molar-refractivity contribution is 7.92. The number of carbonyl (C=O) groups is 1. The van der Waals surface area contributed by atoms with Gasteiger partial charge in [0.15, 0.2) is 0 Å². The molecule has 0 atom stereocenters. The second kappa shape index (κ2) is 9.45. The molecule has 6 nitrogen and oxygen atoms in total. The molecule has 30 heavy (non-hydrogen) atoms. The van der Waals surface area contributed by atoms with Crippen LogP contribution in [0.1, 0.15) is 21.5 Å². The largest absolute Gasteiger partial charge is 0.497 e. The quantitative estimate of drug-likeness (QED) is 0.600. The Morgan fingerprint density at radius 3 is 2.10 bits per heavy atom. The zero-order chi connectivity index (χ0) is 21.6. The lowest BCUT2D eigenvalue weighted by atomic mass is 10.1. The Kier molecular flexibility index (Phi) is 6.74. The van der Waals surface area contributed by atoms with Gasteiger partial charge < -0.3 is 10.1 Å². The molecule has 0 aliphatic heterocycles. The normalized spacial score (nSPS) is 11.0. The third-order valence-corrected chi connectivity index (χ3v) is 5.74. The molecule has 0 bridgehead atoms. The average molecular weight is 425 g/mol. The van der Waals surface area contributed by atoms with E-state index in [2.05, 4.69) is 5.32 Å². The second-order valence-electron chi connectivity index (χ2n) is 6.83. The summed E-state index contributed by atoms with van der Waals surface area (Å²) >= 11 is 0. The fourth-order valence-electron chi connectivity index (χ4n) is 2.96. The molecule has 0 fully saturated rings. The highest BCUT2D eigenvalue weighted by atomic mass is 32.2. The van der Waals surface area contributed by atoms with Gasteiger partial charge >= 0.3 is 0 Å². The van der Waals surface area contributed by atoms with Gasteiger partial charge in [-0.3, -0.25) is 9.10 Å². The lowest BCUT2D eigenvalue weighted by Gasteiger charge is -2.22. The molecule has 0 aliphatic rings. The van der Waals surface area contributed by atoms with Crippen LogP contribution in [0.3, 0.4) is 0 Å². The summed E-state index contributed by atoms with van der Waals surface area (Å²) in [6.45, 7) is 0.608. The average Bonchev–Trinajstić information content (AvgIpc) is 2.76. The molecular weight excluding hydrogens is 400 g/mol. The van der Waals surface area contributed by atoms with E-state index in [-0.39, 0.29) is 12.5 Å². The van der Waals surface area contributed by atoms with Crippen molar-refractivity contribution < 1.29 is 17.9 Å². The molecule has 3 aromatic carbocycles. The monoisotopic (exact) mass is 424 g/mol. The second-order valence-corrected chi connectivity index (χ2v) is 8.74. The number of nitrogens with zero attached hydrogens (tertiary/aromatic N) is 1. The Hall–Kier alpha value is -3.32. The zero-order valence-corrected chi connectivity index (χ0v) is 17.7. The molecule has 3 rings (SSSR count). The van der Waals surface area contributed by atoms with Gasteiger partial charge in [0.1, 0.15) is 5.75 Å². The molecule has 0 saturated carbocycles. The maximum absolute atomic E-state index is 12.4. The number of sulfonamides is 1. The van der Waals surface area contributed by atoms with Gasteiger partial charge in [0.2, 0.25) is 10.0 Å². The number of carbonyl (C=O) groups excluding carboxylic acids is 1. The van der Waals surface area contributed by atoms with Crippen LogP contribution in [-0.4, -0.2) is 27.7 Å². The van der Waals surface area contributed by atoms with Crippen LogP contribution in [0.2, 0.25) is 0 Å². The molecule has 0 saturated heterocycles. The number of anilines is 1. The highest BCUT2D eigenvalue weighted by Gasteiger charge is 2.18. The number of benzene rings is 3. The standard InChI is InChI=1S/C23H24N2O4S/c1-29-22-14-8-18(9-15-22)16-24-23(26)20-10-12-21(13-11-20)25(30(2,27)28)17-19-6-4-3-5-7-19/h3-15H,16-17H2,1-2H3,(H,24,26). The third-order valence-electron chi connectivity index (χ3n) is 4.60. The molecule has 0 aromatic heterocycles. The van der Waals surface area contributed by atoms with E-state index in [9.17, 15) is 13.2 Å². The first-order valence-corrected chi connectivity index (χ1v) is 11.2. The molecule has 0 aliphatic carbocycles. The van der Waals surface area contributed by atoms with E-state index in [4.69, 9.17) is 4.74 Å². The summed E-state index contributed by atoms with van der Waals surface area (Å²) in [5.41, 5.74) is 2.80. The minimum absolute atomic E-state index is 0.225. The van der Waals surface area contributed by atoms with Gasteiger partial charge in [-0.15, -0.1) is 0 Å². The molecule has 0 heterocycles. The number of hydrogen-bond acceptors (Lipinski definition) is 4. The van der Waals surface area contributed by atoms with Crippen LogP contribution in [-0.2, 0) is 23.1 Å². The van der Waals surface area contributed by atoms with Gasteiger partial charge in [0.25, 0.3) is 5.91 Å². The van der Waals surface area contributed by atoms with Crippen molar-refractivity contribution >= 4 is 21.6 Å². The van der Waals surface area contributed by atoms with Crippen molar-refractivity contribution in [2.24, 2.45) is 0 Å². The summed E-state index contributed by atoms with van der Waals surface area (Å²) in [4.78, 5) is 12.4. The number of amides is 1. The van der Waals surface area contributed by atoms with Crippen LogP contribution in [0.4, 0.5) is 5.69 Å². The summed E-state index contributed by atoms with van der Waals surface area (Å²) in [6, 6.07) is 23.4. The first-order chi connectivity index (χ1) is 14.4. The molecule has 3 aromatic rings. The first kappa shape index (κ1) is 21.4. The topological polar surface area (TPSA) is 75.7 Å². The van der Waals surface area contributed by atoms with Crippen LogP contribution in [0.25, 0.3) is 0 Å². The lowest BCUT2D eigenvalue weighted by molar-refractivity contribution is 0.0951. The molecule has 0 unspecified atom stereocenters. The Bertz CT molecular complexity index is 1080. The van der Waals surface area contributed by atoms with Crippen molar-refractivity contribution in [2.45, 2.75) is 13.1 Å². The summed E-state index contributed by atoms with van der Waals surface area (Å²) < 4.78 is 31.0. The summed E-state index contributed by atoms with van der Waals surface area (Å²) in [5, 5.41) is 2.86. The van der Waals surface area contributed by atoms with E-state index in [1.54, 1.807) is 31.4 Å². The first-order valence-electron chi connectivity index (χ1n) is 9.39. The molecule has 0 radical (unpaired) electrons. The smallest absolute Gasteiger partial charge is 0.251 e. The van der Waals surface area contributed by atoms with Crippen LogP contribution in [0.15, 0.2) is 78.9 Å². The van der Waals surface area contributed by atoms with Crippen molar-refractivity contribution in [1.82, 2.24) is 5.32 Å². The number of ether oxygens (including phenoxy) is 1. The SMILES string of the molecule is COc1ccc(CNC(=O)c2ccc(N(Cc3ccccc3)S(C)(=O)=O)cc2)cc1. The van der Waals surface area contributed by atoms with E-state index in [0.29, 0.717) is 17.8 Å². The maximum Gasteiger partial charge on any atom is 0.251 e. The van der Waals surface area contributed by atoms with Gasteiger partial charge in [-0.1, -0.05) is 42.5 Å². The Balaban J connectivity index is 1.69. The Labute approximate surface area is 177 Å². The highest BCUT2D eigenvalue weighted by Crippen LogP contribution is 2.21. The van der Waals surface area contributed by atoms with Crippen molar-refractivity contribution in [3.63, 3.8) is 0 Å². The minimum Gasteiger partial charge on any atom is -0.497 e. The Morgan fingerprint density at radius 2 is 1.53 bits per heavy atom. The van der Waals surface area contributed by atoms with Crippen molar-refractivity contribution in [3.05, 3.63) is 95.6 Å². The Morgan fingerprint density at radius 1 is 0.900 bits per heavy atom. The van der Waals surface area contributed by atoms with Crippen LogP contribution >= 0.6 is 0 Å². The van der Waals surface area contributed by atoms with Gasteiger partial charge in [0, 0.05) is 12.1 Å². The van der Waals surface area contributed by atoms with Crippen LogP contribution < -0.4 is 14.4 Å². The van der Waals surface area contributed by atoms with E-state index in [1.807, 2.05) is 54.6 Å². The van der Waals surface area contributed by atoms with E-state index < -0.39 is 10.0 Å². The van der Waals surface area contributed by atoms with Crippen molar-refractivity contribution in [3.8, 4) is 5.75 Å². The van der Waals surface area contributed by atoms with Gasteiger partial charge in [-0.2, -0.15) is 0 Å². The van der Waals surface area contributed by atoms with Crippen LogP contribution in [0, 0.1) is 0 Å². The maximum atomic E-state index is 12.4. The summed E-state index contributed by atoms with van der Waals surface area (Å²) in [5.74, 6) is 0.526. The molecule has 1 amide bonds. The lowest BCUT2D eigenvalue weighted by Crippen LogP contribution is -2.29. The predicted molar refractivity (Wildman–Crippen MR) is 118 cm³/mol. The van der Waals surface area contributed by atoms with Gasteiger partial charge in [-0.05, 0) is 47.5 Å². The number of hydrogen-bond donors (Lipinski definition) is 1. The van der Waals surface area contributed by atoms with Gasteiger partial charge in [-0.25, -0.2) is 8.42 Å². The number of nitrogens with one attached hydrogen (secondary N) is 1. The predicted octanol–water partition coefficient (Wildman–Crippen LogP) is 3.59. The molecule has 7 heteroatoms. The molecule has 0 spiro atoms.